The molecule has 2 aromatic carbocycles. The second-order valence-corrected chi connectivity index (χ2v) is 7.75. The lowest BCUT2D eigenvalue weighted by atomic mass is 10.1. The minimum Gasteiger partial charge on any atom is -0.206 e. The van der Waals surface area contributed by atoms with Gasteiger partial charge in [-0.15, -0.1) is 9.19 Å². The van der Waals surface area contributed by atoms with Gasteiger partial charge in [-0.25, -0.2) is 4.98 Å². The van der Waals surface area contributed by atoms with Gasteiger partial charge in [0.05, 0.1) is 5.56 Å². The first-order valence-electron chi connectivity index (χ1n) is 7.84. The molecule has 5 nitrogen and oxygen atoms in total. The summed E-state index contributed by atoms with van der Waals surface area (Å²) < 4.78 is 101. The van der Waals surface area contributed by atoms with Gasteiger partial charge in [0.1, 0.15) is 0 Å². The first-order chi connectivity index (χ1) is 13.3. The smallest absolute Gasteiger partial charge is 0.206 e. The van der Waals surface area contributed by atoms with Gasteiger partial charge in [-0.3, -0.25) is 0 Å². The zero-order valence-electron chi connectivity index (χ0n) is 14.5. The van der Waals surface area contributed by atoms with Gasteiger partial charge in [0, 0.05) is 11.1 Å². The van der Waals surface area contributed by atoms with Crippen molar-refractivity contribution in [1.29, 1.82) is 0 Å². The van der Waals surface area contributed by atoms with Crippen molar-refractivity contribution in [2.24, 2.45) is 0 Å². The largest absolute Gasteiger partial charge is 0.518 e. The van der Waals surface area contributed by atoms with Crippen LogP contribution in [-0.2, 0) is 16.2 Å². The molecule has 1 heterocycles. The van der Waals surface area contributed by atoms with Crippen LogP contribution in [0.3, 0.4) is 0 Å². The van der Waals surface area contributed by atoms with Crippen LogP contribution in [0.25, 0.3) is 22.8 Å². The summed E-state index contributed by atoms with van der Waals surface area (Å²) in [6.45, 7) is 1.76. The maximum Gasteiger partial charge on any atom is 0.518 e. The Morgan fingerprint density at radius 2 is 1.34 bits per heavy atom. The van der Waals surface area contributed by atoms with Gasteiger partial charge in [0.25, 0.3) is 0 Å². The fourth-order valence-electron chi connectivity index (χ4n) is 2.37. The molecular weight excluding hydrogens is 424 g/mol. The van der Waals surface area contributed by atoms with E-state index in [1.54, 1.807) is 19.1 Å². The normalized spacial score (nSPS) is 12.9. The van der Waals surface area contributed by atoms with Crippen molar-refractivity contribution in [3.63, 3.8) is 0 Å². The monoisotopic (exact) mass is 435 g/mol. The first-order valence-corrected chi connectivity index (χ1v) is 9.28. The summed E-state index contributed by atoms with van der Waals surface area (Å²) in [6.07, 6.45) is -4.67. The van der Waals surface area contributed by atoms with E-state index in [0.717, 1.165) is 17.7 Å². The average Bonchev–Trinajstić information content (AvgIpc) is 3.07. The molecule has 0 spiro atoms. The minimum atomic E-state index is -5.97. The van der Waals surface area contributed by atoms with Crippen molar-refractivity contribution in [1.82, 2.24) is 14.2 Å². The summed E-state index contributed by atoms with van der Waals surface area (Å²) in [7, 11) is -5.97. The summed E-state index contributed by atoms with van der Waals surface area (Å²) in [5.74, 6) is -1.08. The number of aromatic nitrogens is 3. The summed E-state index contributed by atoms with van der Waals surface area (Å²) in [5, 5.41) is 3.47. The van der Waals surface area contributed by atoms with Crippen LogP contribution in [0.1, 0.15) is 11.1 Å². The molecule has 0 fully saturated rings. The second kappa shape index (κ2) is 6.87. The molecule has 12 heteroatoms. The van der Waals surface area contributed by atoms with Crippen molar-refractivity contribution < 1.29 is 34.8 Å². The van der Waals surface area contributed by atoms with Gasteiger partial charge >= 0.3 is 21.7 Å². The molecule has 3 rings (SSSR count). The third kappa shape index (κ3) is 3.97. The van der Waals surface area contributed by atoms with E-state index in [4.69, 9.17) is 0 Å². The fraction of sp³-hybridized carbons (Fsp3) is 0.176. The Kier molecular flexibility index (Phi) is 4.93. The summed E-state index contributed by atoms with van der Waals surface area (Å²) >= 11 is 0. The quantitative estimate of drug-likeness (QED) is 0.563. The lowest BCUT2D eigenvalue weighted by Gasteiger charge is -2.10. The summed E-state index contributed by atoms with van der Waals surface area (Å²) in [4.78, 5) is 3.84. The van der Waals surface area contributed by atoms with Crippen LogP contribution in [-0.4, -0.2) is 28.1 Å². The van der Waals surface area contributed by atoms with E-state index in [0.29, 0.717) is 12.1 Å². The standard InChI is InChI=1S/C17H11F6N3O2S/c1-10-2-4-11(5-3-10)14-24-15(26(25-14)29(27,28)17(21,22)23)12-6-8-13(9-7-12)16(18,19)20/h2-9H,1H3. The Balaban J connectivity index is 2.20. The van der Waals surface area contributed by atoms with Gasteiger partial charge in [-0.1, -0.05) is 42.0 Å². The molecule has 0 radical (unpaired) electrons. The number of benzene rings is 2. The highest BCUT2D eigenvalue weighted by atomic mass is 32.2. The van der Waals surface area contributed by atoms with E-state index in [9.17, 15) is 34.8 Å². The molecule has 154 valence electrons. The number of alkyl halides is 6. The van der Waals surface area contributed by atoms with E-state index >= 15 is 0 Å². The number of aryl methyl sites for hydroxylation is 1. The molecule has 0 unspecified atom stereocenters. The lowest BCUT2D eigenvalue weighted by Crippen LogP contribution is -2.31. The fourth-order valence-corrected chi connectivity index (χ4v) is 3.13. The number of rotatable bonds is 3. The predicted octanol–water partition coefficient (Wildman–Crippen LogP) is 4.64. The van der Waals surface area contributed by atoms with Crippen molar-refractivity contribution in [2.45, 2.75) is 18.6 Å². The highest BCUT2D eigenvalue weighted by molar-refractivity contribution is 7.90. The molecule has 0 amide bonds. The van der Waals surface area contributed by atoms with Crippen LogP contribution in [0.2, 0.25) is 0 Å². The molecular formula is C17H11F6N3O2S. The second-order valence-electron chi connectivity index (χ2n) is 5.99. The molecule has 3 aromatic rings. The van der Waals surface area contributed by atoms with Crippen molar-refractivity contribution in [3.05, 3.63) is 59.7 Å². The summed E-state index contributed by atoms with van der Waals surface area (Å²) in [5.41, 5.74) is -5.95. The Morgan fingerprint density at radius 1 is 0.828 bits per heavy atom. The van der Waals surface area contributed by atoms with Crippen LogP contribution < -0.4 is 0 Å². The van der Waals surface area contributed by atoms with Gasteiger partial charge in [-0.05, 0) is 19.1 Å². The van der Waals surface area contributed by atoms with Gasteiger partial charge in [-0.2, -0.15) is 34.8 Å². The first kappa shape index (κ1) is 20.8. The van der Waals surface area contributed by atoms with Crippen molar-refractivity contribution in [3.8, 4) is 22.8 Å². The maximum absolute atomic E-state index is 13.1. The number of hydrogen-bond acceptors (Lipinski definition) is 4. The molecule has 0 aliphatic carbocycles. The molecule has 0 atom stereocenters. The van der Waals surface area contributed by atoms with Crippen LogP contribution >= 0.6 is 0 Å². The Labute approximate surface area is 160 Å². The topological polar surface area (TPSA) is 64.8 Å². The zero-order valence-corrected chi connectivity index (χ0v) is 15.3. The Morgan fingerprint density at radius 3 is 1.83 bits per heavy atom. The highest BCUT2D eigenvalue weighted by Crippen LogP contribution is 2.33. The van der Waals surface area contributed by atoms with E-state index in [1.165, 1.54) is 12.1 Å². The van der Waals surface area contributed by atoms with Gasteiger partial charge < -0.3 is 0 Å². The molecule has 0 N–H and O–H groups in total. The van der Waals surface area contributed by atoms with E-state index in [1.807, 2.05) is 0 Å². The van der Waals surface area contributed by atoms with Crippen molar-refractivity contribution >= 4 is 10.0 Å². The SMILES string of the molecule is Cc1ccc(-c2nc(-c3ccc(C(F)(F)F)cc3)n(S(=O)(=O)C(F)(F)F)n2)cc1. The maximum atomic E-state index is 13.1. The third-order valence-electron chi connectivity index (χ3n) is 3.88. The molecule has 0 saturated carbocycles. The van der Waals surface area contributed by atoms with E-state index in [-0.39, 0.29) is 21.0 Å². The van der Waals surface area contributed by atoms with Gasteiger partial charge in [0.2, 0.25) is 0 Å². The van der Waals surface area contributed by atoms with E-state index in [2.05, 4.69) is 10.1 Å². The third-order valence-corrected chi connectivity index (χ3v) is 5.17. The van der Waals surface area contributed by atoms with Crippen LogP contribution in [0.4, 0.5) is 26.3 Å². The zero-order chi connectivity index (χ0) is 21.6. The van der Waals surface area contributed by atoms with Crippen molar-refractivity contribution in [2.75, 3.05) is 0 Å². The molecule has 1 aromatic heterocycles. The molecule has 29 heavy (non-hydrogen) atoms. The summed E-state index contributed by atoms with van der Waals surface area (Å²) in [6, 6.07) is 9.07. The Hall–Kier alpha value is -2.89. The molecule has 0 bridgehead atoms. The lowest BCUT2D eigenvalue weighted by molar-refractivity contribution is -0.137. The molecule has 0 aliphatic heterocycles. The molecule has 0 saturated heterocycles. The van der Waals surface area contributed by atoms with Crippen LogP contribution in [0.5, 0.6) is 0 Å². The average molecular weight is 435 g/mol. The molecule has 0 aliphatic rings. The number of hydrogen-bond donors (Lipinski definition) is 0. The minimum absolute atomic E-state index is 0.236. The van der Waals surface area contributed by atoms with Crippen LogP contribution in [0.15, 0.2) is 48.5 Å². The van der Waals surface area contributed by atoms with Crippen LogP contribution in [0, 0.1) is 6.92 Å². The predicted molar refractivity (Wildman–Crippen MR) is 91.0 cm³/mol. The number of halogens is 6. The highest BCUT2D eigenvalue weighted by Gasteiger charge is 2.49. The Bertz CT molecular complexity index is 1130. The number of nitrogens with zero attached hydrogens (tertiary/aromatic N) is 3. The van der Waals surface area contributed by atoms with E-state index < -0.39 is 33.1 Å². The van der Waals surface area contributed by atoms with Gasteiger partial charge in [0.15, 0.2) is 11.6 Å².